The molecular weight excluding hydrogens is 389 g/mol. The molecule has 0 radical (unpaired) electrons. The van der Waals surface area contributed by atoms with Crippen molar-refractivity contribution in [3.05, 3.63) is 29.8 Å². The maximum Gasteiger partial charge on any atom is 0.195 e. The van der Waals surface area contributed by atoms with E-state index in [0.29, 0.717) is 13.2 Å². The highest BCUT2D eigenvalue weighted by molar-refractivity contribution is 14.0. The van der Waals surface area contributed by atoms with Gasteiger partial charge in [-0.1, -0.05) is 32.9 Å². The maximum absolute atomic E-state index is 5.81. The van der Waals surface area contributed by atoms with Gasteiger partial charge in [0.05, 0.1) is 6.54 Å². The van der Waals surface area contributed by atoms with Crippen LogP contribution in [0.5, 0.6) is 5.75 Å². The molecule has 0 aliphatic rings. The van der Waals surface area contributed by atoms with Crippen LogP contribution in [-0.4, -0.2) is 57.1 Å². The zero-order valence-electron chi connectivity index (χ0n) is 14.9. The van der Waals surface area contributed by atoms with E-state index in [1.807, 2.05) is 50.1 Å². The fraction of sp³-hybridized carbons (Fsp3) is 0.588. The van der Waals surface area contributed by atoms with E-state index in [0.717, 1.165) is 11.7 Å². The first-order chi connectivity index (χ1) is 9.71. The number of benzene rings is 1. The molecular formula is C17H30IN3O. The largest absolute Gasteiger partial charge is 0.492 e. The molecule has 1 aromatic rings. The highest BCUT2D eigenvalue weighted by Crippen LogP contribution is 2.25. The molecule has 0 aliphatic heterocycles. The van der Waals surface area contributed by atoms with E-state index in [2.05, 4.69) is 37.9 Å². The molecule has 0 heterocycles. The third kappa shape index (κ3) is 6.85. The maximum atomic E-state index is 5.81. The summed E-state index contributed by atoms with van der Waals surface area (Å²) in [5.74, 6) is 1.86. The van der Waals surface area contributed by atoms with Crippen molar-refractivity contribution in [3.63, 3.8) is 0 Å². The van der Waals surface area contributed by atoms with Gasteiger partial charge in [0.2, 0.25) is 0 Å². The molecule has 0 spiro atoms. The fourth-order valence-electron chi connectivity index (χ4n) is 2.04. The van der Waals surface area contributed by atoms with Gasteiger partial charge in [0.15, 0.2) is 5.96 Å². The van der Waals surface area contributed by atoms with Crippen LogP contribution in [0.3, 0.4) is 0 Å². The van der Waals surface area contributed by atoms with Crippen molar-refractivity contribution in [1.82, 2.24) is 9.80 Å². The monoisotopic (exact) mass is 419 g/mol. The van der Waals surface area contributed by atoms with E-state index in [-0.39, 0.29) is 29.4 Å². The first-order valence-electron chi connectivity index (χ1n) is 7.34. The highest BCUT2D eigenvalue weighted by atomic mass is 127. The Bertz CT molecular complexity index is 469. The van der Waals surface area contributed by atoms with E-state index in [1.165, 1.54) is 5.56 Å². The number of nitrogens with zero attached hydrogens (tertiary/aromatic N) is 3. The Morgan fingerprint density at radius 1 is 1.09 bits per heavy atom. The topological polar surface area (TPSA) is 28.1 Å². The molecule has 4 nitrogen and oxygen atoms in total. The zero-order chi connectivity index (χ0) is 16.0. The van der Waals surface area contributed by atoms with E-state index < -0.39 is 0 Å². The number of hydrogen-bond acceptors (Lipinski definition) is 2. The van der Waals surface area contributed by atoms with Crippen LogP contribution >= 0.6 is 24.0 Å². The third-order valence-corrected chi connectivity index (χ3v) is 3.11. The van der Waals surface area contributed by atoms with E-state index in [9.17, 15) is 0 Å². The van der Waals surface area contributed by atoms with Crippen molar-refractivity contribution in [2.45, 2.75) is 26.2 Å². The molecule has 5 heteroatoms. The van der Waals surface area contributed by atoms with Gasteiger partial charge in [-0.3, -0.25) is 0 Å². The second-order valence-corrected chi connectivity index (χ2v) is 6.60. The molecule has 0 unspecified atom stereocenters. The van der Waals surface area contributed by atoms with Crippen LogP contribution in [0.1, 0.15) is 26.3 Å². The van der Waals surface area contributed by atoms with Crippen LogP contribution in [0.25, 0.3) is 0 Å². The lowest BCUT2D eigenvalue weighted by Gasteiger charge is -2.22. The van der Waals surface area contributed by atoms with Crippen LogP contribution < -0.4 is 4.74 Å². The number of halogens is 1. The number of guanidine groups is 1. The lowest BCUT2D eigenvalue weighted by Crippen LogP contribution is -2.35. The highest BCUT2D eigenvalue weighted by Gasteiger charge is 2.13. The molecule has 1 aromatic carbocycles. The van der Waals surface area contributed by atoms with Gasteiger partial charge in [-0.15, -0.1) is 24.0 Å². The lowest BCUT2D eigenvalue weighted by molar-refractivity contribution is 0.325. The van der Waals surface area contributed by atoms with Crippen LogP contribution in [0, 0.1) is 0 Å². The van der Waals surface area contributed by atoms with Crippen molar-refractivity contribution in [2.75, 3.05) is 41.3 Å². The molecule has 0 atom stereocenters. The smallest absolute Gasteiger partial charge is 0.195 e. The number of rotatable bonds is 4. The molecule has 1 rings (SSSR count). The fourth-order valence-corrected chi connectivity index (χ4v) is 2.04. The average Bonchev–Trinajstić information content (AvgIpc) is 2.37. The Morgan fingerprint density at radius 2 is 1.68 bits per heavy atom. The molecule has 0 bridgehead atoms. The third-order valence-electron chi connectivity index (χ3n) is 3.11. The summed E-state index contributed by atoms with van der Waals surface area (Å²) in [4.78, 5) is 8.55. The summed E-state index contributed by atoms with van der Waals surface area (Å²) in [7, 11) is 7.97. The number of ether oxygens (including phenoxy) is 1. The van der Waals surface area contributed by atoms with Crippen LogP contribution in [0.4, 0.5) is 0 Å². The van der Waals surface area contributed by atoms with Gasteiger partial charge in [-0.05, 0) is 23.1 Å². The second kappa shape index (κ2) is 9.22. The van der Waals surface area contributed by atoms with Crippen LogP contribution in [0.15, 0.2) is 29.3 Å². The lowest BCUT2D eigenvalue weighted by atomic mass is 9.87. The first-order valence-corrected chi connectivity index (χ1v) is 7.34. The van der Waals surface area contributed by atoms with Gasteiger partial charge in [0, 0.05) is 28.2 Å². The van der Waals surface area contributed by atoms with Gasteiger partial charge in [0.25, 0.3) is 0 Å². The summed E-state index contributed by atoms with van der Waals surface area (Å²) < 4.78 is 5.81. The summed E-state index contributed by atoms with van der Waals surface area (Å²) in [6.45, 7) is 7.84. The molecule has 0 aromatic heterocycles. The second-order valence-electron chi connectivity index (χ2n) is 6.60. The Hall–Kier alpha value is -0.980. The quantitative estimate of drug-likeness (QED) is 0.324. The predicted molar refractivity (Wildman–Crippen MR) is 106 cm³/mol. The summed E-state index contributed by atoms with van der Waals surface area (Å²) in [6, 6.07) is 8.30. The Labute approximate surface area is 152 Å². The molecule has 0 aliphatic carbocycles. The zero-order valence-corrected chi connectivity index (χ0v) is 17.2. The molecule has 22 heavy (non-hydrogen) atoms. The van der Waals surface area contributed by atoms with E-state index in [4.69, 9.17) is 4.74 Å². The van der Waals surface area contributed by atoms with Crippen molar-refractivity contribution >= 4 is 29.9 Å². The number of hydrogen-bond donors (Lipinski definition) is 0. The molecule has 0 saturated carbocycles. The SMILES string of the molecule is CN(C)C(=NCCOc1cccc(C(C)(C)C)c1)N(C)C.I. The summed E-state index contributed by atoms with van der Waals surface area (Å²) in [5.41, 5.74) is 1.42. The van der Waals surface area contributed by atoms with Crippen LogP contribution in [-0.2, 0) is 5.41 Å². The molecule has 126 valence electrons. The average molecular weight is 419 g/mol. The van der Waals surface area contributed by atoms with Crippen molar-refractivity contribution in [3.8, 4) is 5.75 Å². The standard InChI is InChI=1S/C17H29N3O.HI/c1-17(2,3)14-9-8-10-15(13-14)21-12-11-18-16(19(4)5)20(6)7;/h8-10,13H,11-12H2,1-7H3;1H. The minimum Gasteiger partial charge on any atom is -0.492 e. The van der Waals surface area contributed by atoms with E-state index in [1.54, 1.807) is 0 Å². The van der Waals surface area contributed by atoms with Crippen molar-refractivity contribution in [1.29, 1.82) is 0 Å². The Balaban J connectivity index is 0.00000441. The molecule has 0 N–H and O–H groups in total. The van der Waals surface area contributed by atoms with Crippen LogP contribution in [0.2, 0.25) is 0 Å². The minimum absolute atomic E-state index is 0. The van der Waals surface area contributed by atoms with E-state index >= 15 is 0 Å². The predicted octanol–water partition coefficient (Wildman–Crippen LogP) is 3.46. The molecule has 0 amide bonds. The van der Waals surface area contributed by atoms with Gasteiger partial charge in [-0.25, -0.2) is 4.99 Å². The summed E-state index contributed by atoms with van der Waals surface area (Å²) in [6.07, 6.45) is 0. The Morgan fingerprint density at radius 3 is 2.18 bits per heavy atom. The summed E-state index contributed by atoms with van der Waals surface area (Å²) >= 11 is 0. The van der Waals surface area contributed by atoms with Crippen molar-refractivity contribution < 1.29 is 4.74 Å². The molecule has 0 saturated heterocycles. The summed E-state index contributed by atoms with van der Waals surface area (Å²) in [5, 5.41) is 0. The van der Waals surface area contributed by atoms with Gasteiger partial charge < -0.3 is 14.5 Å². The van der Waals surface area contributed by atoms with Crippen molar-refractivity contribution in [2.24, 2.45) is 4.99 Å². The van der Waals surface area contributed by atoms with Gasteiger partial charge >= 0.3 is 0 Å². The Kier molecular flexibility index (Phi) is 8.81. The minimum atomic E-state index is 0. The molecule has 0 fully saturated rings. The van der Waals surface area contributed by atoms with Gasteiger partial charge in [-0.2, -0.15) is 0 Å². The normalized spacial score (nSPS) is 10.5. The number of aliphatic imine (C=N–C) groups is 1. The van der Waals surface area contributed by atoms with Gasteiger partial charge in [0.1, 0.15) is 12.4 Å². The first kappa shape index (κ1) is 21.0.